The van der Waals surface area contributed by atoms with Gasteiger partial charge < -0.3 is 0 Å². The molecule has 2 aliphatic carbocycles. The fraction of sp³-hybridized carbons (Fsp3) is 0.561. The number of aryl methyl sites for hydroxylation is 8. The van der Waals surface area contributed by atoms with Crippen molar-refractivity contribution in [2.24, 2.45) is 0 Å². The van der Waals surface area contributed by atoms with E-state index in [2.05, 4.69) is 217 Å². The number of thiophene rings is 4. The summed E-state index contributed by atoms with van der Waals surface area (Å²) in [6.45, 7) is 26.0. The Labute approximate surface area is 844 Å². The fourth-order valence-electron chi connectivity index (χ4n) is 19.1. The van der Waals surface area contributed by atoms with Crippen molar-refractivity contribution >= 4 is 224 Å². The van der Waals surface area contributed by atoms with Gasteiger partial charge >= 0.3 is 226 Å². The van der Waals surface area contributed by atoms with E-state index in [0.717, 1.165) is 108 Å². The fourth-order valence-corrected chi connectivity index (χ4v) is 36.9. The Bertz CT molecular complexity index is 5920. The van der Waals surface area contributed by atoms with Crippen LogP contribution in [-0.4, -0.2) is 74.2 Å². The van der Waals surface area contributed by atoms with Crippen LogP contribution >= 0.6 is 101 Å². The summed E-state index contributed by atoms with van der Waals surface area (Å²) in [7, 11) is 0. The minimum Gasteiger partial charge on any atom is -0.248 e. The zero-order valence-electron chi connectivity index (χ0n) is 83.5. The Kier molecular flexibility index (Phi) is 44.1. The van der Waals surface area contributed by atoms with Gasteiger partial charge in [0.1, 0.15) is 38.6 Å². The van der Waals surface area contributed by atoms with E-state index in [1.165, 1.54) is 385 Å². The van der Waals surface area contributed by atoms with E-state index in [9.17, 15) is 0 Å². The van der Waals surface area contributed by atoms with Crippen molar-refractivity contribution < 1.29 is 0 Å². The molecule has 0 bridgehead atoms. The molecule has 132 heavy (non-hydrogen) atoms. The molecule has 2 aliphatic rings. The number of hydrogen-bond donors (Lipinski definition) is 0. The zero-order chi connectivity index (χ0) is 93.5. The molecule has 0 spiro atoms. The molecule has 8 aromatic heterocycles. The number of fused-ring (bicyclic) bond motifs is 9. The van der Waals surface area contributed by atoms with E-state index in [1.54, 1.807) is 37.8 Å². The summed E-state index contributed by atoms with van der Waals surface area (Å²) in [4.78, 5) is 38.0. The summed E-state index contributed by atoms with van der Waals surface area (Å²) in [5, 5.41) is 1.83. The second-order valence-electron chi connectivity index (χ2n) is 40.7. The van der Waals surface area contributed by atoms with Gasteiger partial charge in [-0.3, -0.25) is 0 Å². The van der Waals surface area contributed by atoms with Gasteiger partial charge in [0.2, 0.25) is 0 Å². The average molecular weight is 2230 g/mol. The molecular weight excluding hydrogens is 2070 g/mol. The Balaban J connectivity index is 0.000000202. The molecule has 12 aromatic rings. The molecule has 0 atom stereocenters. The van der Waals surface area contributed by atoms with Gasteiger partial charge in [0.25, 0.3) is 0 Å². The van der Waals surface area contributed by atoms with Crippen LogP contribution in [0, 0.1) is 46.5 Å². The second-order valence-corrected chi connectivity index (χ2v) is 78.5. The molecule has 0 radical (unpaired) electrons. The monoisotopic (exact) mass is 2230 g/mol. The number of rotatable bonds is 54. The van der Waals surface area contributed by atoms with Crippen LogP contribution in [0.15, 0.2) is 69.6 Å². The molecule has 8 nitrogen and oxygen atoms in total. The van der Waals surface area contributed by atoms with Crippen molar-refractivity contribution in [3.8, 4) is 9.75 Å². The van der Waals surface area contributed by atoms with Crippen molar-refractivity contribution in [1.82, 2.24) is 37.4 Å². The Morgan fingerprint density at radius 3 is 0.924 bits per heavy atom. The number of benzene rings is 4. The van der Waals surface area contributed by atoms with E-state index in [1.807, 2.05) is 50.4 Å². The first-order valence-corrected chi connectivity index (χ1v) is 78.3. The molecule has 712 valence electrons. The molecule has 0 amide bonds. The van der Waals surface area contributed by atoms with Gasteiger partial charge in [0.05, 0.1) is 69.8 Å². The van der Waals surface area contributed by atoms with Crippen LogP contribution in [0.4, 0.5) is 0 Å². The predicted molar refractivity (Wildman–Crippen MR) is 600 cm³/mol. The summed E-state index contributed by atoms with van der Waals surface area (Å²) < 4.78 is 28.1. The average Bonchev–Trinajstić information content (AvgIpc) is 1.56. The van der Waals surface area contributed by atoms with E-state index < -0.39 is 36.8 Å². The molecule has 0 unspecified atom stereocenters. The number of hydrogen-bond acceptors (Lipinski definition) is 14. The first-order valence-electron chi connectivity index (χ1n) is 52.1. The SMILES string of the molecule is C=c1cc2c(s1)=c1s/c(=c3/c4nsnc4c(=C)c4nc(C)c(C)nc34)cc1/C2=C\c1cc(CCCCCCCCCCCC)cc(CCCCCCCCCCCCCC)c1.CCCCCCCCCCCCCCc1cc(C=C2c3c[c]([Sn]([CH3])([CH3])[CH3])sc3-c3s[c]([Sn]([CH3])([CH3])[CH3])cc32)cc(CCCCCCCCCCCCCC)c1.Cc1nc2c(Br)c3nsnc3c(Br)c2nc1C. The van der Waals surface area contributed by atoms with Crippen LogP contribution in [0.2, 0.25) is 29.6 Å². The molecule has 0 saturated heterocycles. The van der Waals surface area contributed by atoms with Crippen LogP contribution in [0.5, 0.6) is 0 Å². The van der Waals surface area contributed by atoms with Crippen LogP contribution in [-0.2, 0) is 25.7 Å². The minimum absolute atomic E-state index is 0.807. The molecular formula is C114H158Br2N8S6Sn2. The van der Waals surface area contributed by atoms with Crippen molar-refractivity contribution in [3.05, 3.63) is 177 Å². The molecule has 0 N–H and O–H groups in total. The third-order valence-electron chi connectivity index (χ3n) is 27.3. The molecule has 18 heteroatoms. The van der Waals surface area contributed by atoms with Crippen LogP contribution in [0.25, 0.3) is 90.3 Å². The van der Waals surface area contributed by atoms with Gasteiger partial charge in [-0.2, -0.15) is 17.5 Å². The molecule has 0 aliphatic heterocycles. The Morgan fingerprint density at radius 2 is 0.583 bits per heavy atom. The number of aromatic nitrogens is 8. The van der Waals surface area contributed by atoms with Gasteiger partial charge in [-0.1, -0.05) is 303 Å². The second kappa shape index (κ2) is 54.5. The normalized spacial score (nSPS) is 13.0. The first kappa shape index (κ1) is 107. The van der Waals surface area contributed by atoms with Gasteiger partial charge in [0.15, 0.2) is 0 Å². The predicted octanol–water partition coefficient (Wildman–Crippen LogP) is 36.1. The van der Waals surface area contributed by atoms with Gasteiger partial charge in [-0.15, -0.1) is 22.7 Å². The van der Waals surface area contributed by atoms with Gasteiger partial charge in [-0.25, -0.2) is 19.9 Å². The molecule has 8 heterocycles. The quantitative estimate of drug-likeness (QED) is 0.0274. The maximum atomic E-state index is 5.12. The smallest absolute Gasteiger partial charge is 0.122 e. The van der Waals surface area contributed by atoms with Crippen molar-refractivity contribution in [1.29, 1.82) is 0 Å². The van der Waals surface area contributed by atoms with Crippen LogP contribution < -0.4 is 15.5 Å². The maximum Gasteiger partial charge on any atom is 0.122 e. The first-order chi connectivity index (χ1) is 64.0. The summed E-state index contributed by atoms with van der Waals surface area (Å²) in [5.41, 5.74) is 27.8. The number of nitrogens with zero attached hydrogens (tertiary/aromatic N) is 8. The van der Waals surface area contributed by atoms with E-state index in [0.29, 0.717) is 0 Å². The number of unbranched alkanes of at least 4 members (excludes halogenated alkanes) is 42. The van der Waals surface area contributed by atoms with Crippen molar-refractivity contribution in [2.75, 3.05) is 0 Å². The molecule has 0 saturated carbocycles. The standard InChI is InChI=1S/C54H70N4S3.C44H64S2.C10H6Br2N4S.6CH3.2Sn/c1-7-9-11-13-15-17-19-20-22-24-26-28-30-42-32-41(29-27-25-23-21-18-16-14-12-10-8-2)33-43(34-42)35-44-45-31-37(3)59-53(45)54-46(44)36-47(60-54)48-51-49(55-39(5)40(6)56-51)38(4)50-52(48)58-61-57-50;1-3-5-7-9-11-13-15-17-19-21-23-25-27-37-33-38(28-26-24-22-20-18-16-14-12-10-8-6-4-2)35-39(34-37)36-42-40-29-31-45-43(40)44-41(42)30-32-46-44;1-3-4(2)14-8-6(12)10-9(15-17-16-10)5(11)7(8)13-3;;;;;;;;/h31-36H,3-4,7-30H2,1-2,5-6H3;29-30,33-36H,3-28H2,1-2H3;1-2H3;6*1H3;;/b44-35-,48-47+;;;;;;;;;;. The van der Waals surface area contributed by atoms with Crippen molar-refractivity contribution in [3.63, 3.8) is 0 Å². The third-order valence-corrected chi connectivity index (χ3v) is 53.4. The third kappa shape index (κ3) is 30.4. The summed E-state index contributed by atoms with van der Waals surface area (Å²) in [6.07, 6.45) is 74.3. The summed E-state index contributed by atoms with van der Waals surface area (Å²) in [6, 6.07) is 25.2. The summed E-state index contributed by atoms with van der Waals surface area (Å²) >= 11 is 13.1. The molecule has 14 rings (SSSR count). The molecule has 4 aromatic carbocycles. The molecule has 0 fully saturated rings. The number of halogens is 2. The maximum absolute atomic E-state index is 5.12. The summed E-state index contributed by atoms with van der Waals surface area (Å²) in [5.74, 6) is 0. The van der Waals surface area contributed by atoms with Gasteiger partial charge in [0, 0.05) is 30.6 Å². The van der Waals surface area contributed by atoms with Crippen molar-refractivity contribution in [2.45, 2.75) is 406 Å². The Hall–Kier alpha value is -4.22. The largest absolute Gasteiger partial charge is 0.248 e. The van der Waals surface area contributed by atoms with E-state index >= 15 is 0 Å². The Morgan fingerprint density at radius 1 is 0.295 bits per heavy atom. The van der Waals surface area contributed by atoms with Gasteiger partial charge in [-0.05, 0) is 126 Å². The zero-order valence-corrected chi connectivity index (χ0v) is 97.3. The van der Waals surface area contributed by atoms with E-state index in [-0.39, 0.29) is 0 Å². The van der Waals surface area contributed by atoms with Crippen LogP contribution in [0.1, 0.15) is 401 Å². The topological polar surface area (TPSA) is 103 Å². The van der Waals surface area contributed by atoms with E-state index in [4.69, 9.17) is 18.7 Å². The van der Waals surface area contributed by atoms with Crippen LogP contribution in [0.3, 0.4) is 0 Å². The minimum atomic E-state index is -2.19.